The second-order valence-corrected chi connectivity index (χ2v) is 9.61. The molecule has 3 aliphatic rings. The summed E-state index contributed by atoms with van der Waals surface area (Å²) in [7, 11) is 2.05. The quantitative estimate of drug-likeness (QED) is 0.606. The van der Waals surface area contributed by atoms with E-state index in [1.54, 1.807) is 4.90 Å². The van der Waals surface area contributed by atoms with Crippen molar-refractivity contribution in [2.45, 2.75) is 38.1 Å². The number of ether oxygens (including phenoxy) is 1. The lowest BCUT2D eigenvalue weighted by atomic mass is 9.97. The summed E-state index contributed by atoms with van der Waals surface area (Å²) in [6.07, 6.45) is 3.65. The monoisotopic (exact) mass is 456 g/mol. The summed E-state index contributed by atoms with van der Waals surface area (Å²) in [5, 5.41) is 6.15. The van der Waals surface area contributed by atoms with E-state index in [0.29, 0.717) is 39.1 Å². The molecule has 1 aliphatic carbocycles. The first-order valence-corrected chi connectivity index (χ1v) is 12.2. The first-order chi connectivity index (χ1) is 16.0. The minimum atomic E-state index is -0.120. The average Bonchev–Trinajstić information content (AvgIpc) is 3.16. The van der Waals surface area contributed by atoms with E-state index in [1.165, 1.54) is 0 Å². The molecule has 0 aromatic heterocycles. The summed E-state index contributed by atoms with van der Waals surface area (Å²) in [6.45, 7) is 3.36. The lowest BCUT2D eigenvalue weighted by Crippen LogP contribution is -2.43. The number of para-hydroxylation sites is 1. The normalized spacial score (nSPS) is 25.7. The second kappa shape index (κ2) is 11.0. The van der Waals surface area contributed by atoms with Crippen LogP contribution in [-0.4, -0.2) is 75.1 Å². The maximum atomic E-state index is 13.0. The maximum Gasteiger partial charge on any atom is 0.239 e. The third-order valence-electron chi connectivity index (χ3n) is 7.25. The third kappa shape index (κ3) is 6.05. The molecule has 1 aromatic rings. The molecule has 0 radical (unpaired) electrons. The number of rotatable bonds is 7. The van der Waals surface area contributed by atoms with E-state index in [0.717, 1.165) is 31.5 Å². The van der Waals surface area contributed by atoms with Crippen molar-refractivity contribution in [2.24, 2.45) is 17.8 Å². The van der Waals surface area contributed by atoms with Gasteiger partial charge in [0.15, 0.2) is 0 Å². The lowest BCUT2D eigenvalue weighted by molar-refractivity contribution is -0.141. The van der Waals surface area contributed by atoms with Crippen LogP contribution in [0.2, 0.25) is 0 Å². The molecule has 3 fully saturated rings. The van der Waals surface area contributed by atoms with Crippen LogP contribution in [0.15, 0.2) is 30.3 Å². The topological polar surface area (TPSA) is 91.0 Å². The highest BCUT2D eigenvalue weighted by Crippen LogP contribution is 2.34. The van der Waals surface area contributed by atoms with Gasteiger partial charge < -0.3 is 25.2 Å². The van der Waals surface area contributed by atoms with Gasteiger partial charge in [-0.05, 0) is 50.2 Å². The molecule has 0 unspecified atom stereocenters. The summed E-state index contributed by atoms with van der Waals surface area (Å²) < 4.78 is 5.37. The number of nitrogens with zero attached hydrogens (tertiary/aromatic N) is 2. The predicted molar refractivity (Wildman–Crippen MR) is 126 cm³/mol. The fourth-order valence-corrected chi connectivity index (χ4v) is 5.35. The number of amides is 3. The largest absolute Gasteiger partial charge is 0.381 e. The highest BCUT2D eigenvalue weighted by atomic mass is 16.5. The van der Waals surface area contributed by atoms with Crippen molar-refractivity contribution in [1.82, 2.24) is 15.5 Å². The molecular formula is C25H36N4O4. The van der Waals surface area contributed by atoms with Crippen LogP contribution in [0.3, 0.4) is 0 Å². The number of carbonyl (C=O) groups is 3. The van der Waals surface area contributed by atoms with Crippen LogP contribution >= 0.6 is 0 Å². The molecular weight excluding hydrogens is 420 g/mol. The molecule has 2 aliphatic heterocycles. The molecule has 0 spiro atoms. The van der Waals surface area contributed by atoms with E-state index >= 15 is 0 Å². The fraction of sp³-hybridized carbons (Fsp3) is 0.640. The Bertz CT molecular complexity index is 827. The van der Waals surface area contributed by atoms with Crippen molar-refractivity contribution in [1.29, 1.82) is 0 Å². The number of fused-ring (bicyclic) bond motifs is 1. The van der Waals surface area contributed by atoms with Crippen LogP contribution in [0, 0.1) is 17.8 Å². The standard InChI is InChI=1S/C25H36N4O4/c1-28(21-6-3-2-4-7-21)11-5-10-26-24(31)19-14-20-16-29(17-23(30)27-22(20)15-19)25(32)18-8-12-33-13-9-18/h2-4,6-7,18-20,22H,5,8-17H2,1H3,(H,26,31)(H,27,30)/t19-,20+,22+/m0/s1. The van der Waals surface area contributed by atoms with Crippen LogP contribution in [0.25, 0.3) is 0 Å². The molecule has 1 saturated carbocycles. The van der Waals surface area contributed by atoms with Crippen LogP contribution in [-0.2, 0) is 19.1 Å². The van der Waals surface area contributed by atoms with Gasteiger partial charge in [0.25, 0.3) is 0 Å². The first-order valence-electron chi connectivity index (χ1n) is 12.2. The molecule has 2 heterocycles. The summed E-state index contributed by atoms with van der Waals surface area (Å²) in [5.74, 6) is -0.0532. The van der Waals surface area contributed by atoms with Gasteiger partial charge in [0.2, 0.25) is 17.7 Å². The van der Waals surface area contributed by atoms with Crippen LogP contribution in [0.1, 0.15) is 32.1 Å². The predicted octanol–water partition coefficient (Wildman–Crippen LogP) is 1.41. The molecule has 3 atom stereocenters. The Morgan fingerprint density at radius 3 is 2.67 bits per heavy atom. The lowest BCUT2D eigenvalue weighted by Gasteiger charge is -2.29. The van der Waals surface area contributed by atoms with Crippen LogP contribution < -0.4 is 15.5 Å². The van der Waals surface area contributed by atoms with Gasteiger partial charge in [0.1, 0.15) is 0 Å². The highest BCUT2D eigenvalue weighted by Gasteiger charge is 2.42. The smallest absolute Gasteiger partial charge is 0.239 e. The van der Waals surface area contributed by atoms with Crippen molar-refractivity contribution in [3.63, 3.8) is 0 Å². The summed E-state index contributed by atoms with van der Waals surface area (Å²) in [4.78, 5) is 42.2. The van der Waals surface area contributed by atoms with Crippen LogP contribution in [0.5, 0.6) is 0 Å². The SMILES string of the molecule is CN(CCCNC(=O)[C@H]1C[C@@H]2CN(C(=O)C3CCOCC3)CC(=O)N[C@@H]2C1)c1ccccc1. The van der Waals surface area contributed by atoms with E-state index in [1.807, 2.05) is 18.2 Å². The minimum absolute atomic E-state index is 0.0371. The molecule has 2 N–H and O–H groups in total. The third-order valence-corrected chi connectivity index (χ3v) is 7.25. The maximum absolute atomic E-state index is 13.0. The van der Waals surface area contributed by atoms with Gasteiger partial charge in [-0.3, -0.25) is 14.4 Å². The molecule has 1 aromatic carbocycles. The zero-order valence-corrected chi connectivity index (χ0v) is 19.5. The number of benzene rings is 1. The van der Waals surface area contributed by atoms with Gasteiger partial charge in [0.05, 0.1) is 6.54 Å². The van der Waals surface area contributed by atoms with E-state index in [-0.39, 0.29) is 48.1 Å². The Morgan fingerprint density at radius 1 is 1.15 bits per heavy atom. The molecule has 33 heavy (non-hydrogen) atoms. The van der Waals surface area contributed by atoms with Crippen molar-refractivity contribution >= 4 is 23.4 Å². The van der Waals surface area contributed by atoms with Gasteiger partial charge in [0, 0.05) is 63.5 Å². The molecule has 2 saturated heterocycles. The van der Waals surface area contributed by atoms with E-state index in [9.17, 15) is 14.4 Å². The zero-order valence-electron chi connectivity index (χ0n) is 19.5. The number of nitrogens with one attached hydrogen (secondary N) is 2. The highest BCUT2D eigenvalue weighted by molar-refractivity contribution is 5.87. The number of anilines is 1. The molecule has 8 nitrogen and oxygen atoms in total. The minimum Gasteiger partial charge on any atom is -0.381 e. The zero-order chi connectivity index (χ0) is 23.2. The molecule has 180 valence electrons. The Morgan fingerprint density at radius 2 is 1.91 bits per heavy atom. The van der Waals surface area contributed by atoms with Crippen LogP contribution in [0.4, 0.5) is 5.69 Å². The van der Waals surface area contributed by atoms with Gasteiger partial charge in [-0.1, -0.05) is 18.2 Å². The molecule has 8 heteroatoms. The van der Waals surface area contributed by atoms with E-state index in [4.69, 9.17) is 4.74 Å². The van der Waals surface area contributed by atoms with Crippen molar-refractivity contribution < 1.29 is 19.1 Å². The first kappa shape index (κ1) is 23.5. The molecule has 4 rings (SSSR count). The summed E-state index contributed by atoms with van der Waals surface area (Å²) in [5.41, 5.74) is 1.16. The van der Waals surface area contributed by atoms with Gasteiger partial charge in [-0.15, -0.1) is 0 Å². The Labute approximate surface area is 196 Å². The molecule has 0 bridgehead atoms. The van der Waals surface area contributed by atoms with Gasteiger partial charge in [-0.25, -0.2) is 0 Å². The second-order valence-electron chi connectivity index (χ2n) is 9.61. The fourth-order valence-electron chi connectivity index (χ4n) is 5.35. The van der Waals surface area contributed by atoms with Gasteiger partial charge in [-0.2, -0.15) is 0 Å². The molecule has 3 amide bonds. The number of hydrogen-bond acceptors (Lipinski definition) is 5. The van der Waals surface area contributed by atoms with E-state index in [2.05, 4.69) is 34.7 Å². The van der Waals surface area contributed by atoms with Crippen molar-refractivity contribution in [3.05, 3.63) is 30.3 Å². The number of hydrogen-bond donors (Lipinski definition) is 2. The Hall–Kier alpha value is -2.61. The summed E-state index contributed by atoms with van der Waals surface area (Å²) in [6, 6.07) is 10.2. The average molecular weight is 457 g/mol. The Kier molecular flexibility index (Phi) is 7.85. The summed E-state index contributed by atoms with van der Waals surface area (Å²) >= 11 is 0. The van der Waals surface area contributed by atoms with Gasteiger partial charge >= 0.3 is 0 Å². The van der Waals surface area contributed by atoms with E-state index < -0.39 is 0 Å². The van der Waals surface area contributed by atoms with Crippen molar-refractivity contribution in [2.75, 3.05) is 51.3 Å². The number of carbonyl (C=O) groups excluding carboxylic acids is 3. The Balaban J connectivity index is 1.24. The van der Waals surface area contributed by atoms with Crippen molar-refractivity contribution in [3.8, 4) is 0 Å².